The van der Waals surface area contributed by atoms with Crippen molar-refractivity contribution in [1.29, 1.82) is 0 Å². The Morgan fingerprint density at radius 1 is 1.21 bits per heavy atom. The Morgan fingerprint density at radius 3 is 2.67 bits per heavy atom. The molecule has 3 heterocycles. The Balaban J connectivity index is 1.51. The molecule has 0 aliphatic carbocycles. The zero-order chi connectivity index (χ0) is 16.5. The van der Waals surface area contributed by atoms with Crippen LogP contribution in [0.3, 0.4) is 0 Å². The van der Waals surface area contributed by atoms with Crippen molar-refractivity contribution in [2.24, 2.45) is 0 Å². The minimum atomic E-state index is -0.0475. The lowest BCUT2D eigenvalue weighted by Crippen LogP contribution is -2.55. The Morgan fingerprint density at radius 2 is 1.96 bits per heavy atom. The fourth-order valence-corrected chi connectivity index (χ4v) is 4.13. The summed E-state index contributed by atoms with van der Waals surface area (Å²) in [4.78, 5) is 15.3. The van der Waals surface area contributed by atoms with Gasteiger partial charge in [-0.15, -0.1) is 5.10 Å². The number of carbonyl (C=O) groups excluding carboxylic acids is 1. The van der Waals surface area contributed by atoms with Gasteiger partial charge in [-0.25, -0.2) is 0 Å². The second-order valence-corrected chi connectivity index (χ2v) is 6.82. The summed E-state index contributed by atoms with van der Waals surface area (Å²) in [6.07, 6.45) is 7.35. The molecule has 2 fully saturated rings. The molecule has 1 N–H and O–H groups in total. The molecule has 1 amide bonds. The van der Waals surface area contributed by atoms with Crippen LogP contribution >= 0.6 is 0 Å². The van der Waals surface area contributed by atoms with Crippen molar-refractivity contribution in [1.82, 2.24) is 30.4 Å². The molecule has 1 aromatic carbocycles. The number of hydrogen-bond acceptors (Lipinski definition) is 5. The first-order valence-corrected chi connectivity index (χ1v) is 8.57. The zero-order valence-electron chi connectivity index (χ0n) is 13.8. The lowest BCUT2D eigenvalue weighted by molar-refractivity contribution is 0.0463. The zero-order valence-corrected chi connectivity index (χ0v) is 13.8. The van der Waals surface area contributed by atoms with E-state index in [2.05, 4.69) is 32.8 Å². The molecular formula is C17H22N6O. The molecule has 0 spiro atoms. The predicted octanol–water partition coefficient (Wildman–Crippen LogP) is 1.41. The molecule has 7 heteroatoms. The van der Waals surface area contributed by atoms with Crippen molar-refractivity contribution < 1.29 is 4.79 Å². The SMILES string of the molecule is CN1[C@H]2CCC[C@H]1CC(NC(=O)c1ccccc1-n1cnnn1)C2. The first-order valence-electron chi connectivity index (χ1n) is 8.57. The van der Waals surface area contributed by atoms with Crippen molar-refractivity contribution in [3.05, 3.63) is 36.2 Å². The van der Waals surface area contributed by atoms with Gasteiger partial charge in [0.1, 0.15) is 6.33 Å². The number of aromatic nitrogens is 4. The quantitative estimate of drug-likeness (QED) is 0.923. The Labute approximate surface area is 141 Å². The molecule has 2 aliphatic rings. The lowest BCUT2D eigenvalue weighted by atomic mass is 9.82. The summed E-state index contributed by atoms with van der Waals surface area (Å²) in [5, 5.41) is 14.5. The molecule has 1 aromatic heterocycles. The number of nitrogens with one attached hydrogen (secondary N) is 1. The van der Waals surface area contributed by atoms with Gasteiger partial charge in [-0.1, -0.05) is 18.6 Å². The smallest absolute Gasteiger partial charge is 0.253 e. The summed E-state index contributed by atoms with van der Waals surface area (Å²) in [7, 11) is 2.22. The van der Waals surface area contributed by atoms with E-state index in [-0.39, 0.29) is 11.9 Å². The molecule has 0 saturated carbocycles. The van der Waals surface area contributed by atoms with Crippen LogP contribution < -0.4 is 5.32 Å². The monoisotopic (exact) mass is 326 g/mol. The van der Waals surface area contributed by atoms with E-state index in [9.17, 15) is 4.79 Å². The molecule has 4 rings (SSSR count). The minimum Gasteiger partial charge on any atom is -0.349 e. The lowest BCUT2D eigenvalue weighted by Gasteiger charge is -2.47. The summed E-state index contributed by atoms with van der Waals surface area (Å²) < 4.78 is 1.53. The van der Waals surface area contributed by atoms with Gasteiger partial charge in [-0.2, -0.15) is 4.68 Å². The van der Waals surface area contributed by atoms with Crippen LogP contribution in [0.15, 0.2) is 30.6 Å². The van der Waals surface area contributed by atoms with Crippen LogP contribution in [0.25, 0.3) is 5.69 Å². The van der Waals surface area contributed by atoms with Crippen molar-refractivity contribution in [3.8, 4) is 5.69 Å². The molecule has 0 radical (unpaired) electrons. The largest absolute Gasteiger partial charge is 0.349 e. The van der Waals surface area contributed by atoms with Crippen molar-refractivity contribution >= 4 is 5.91 Å². The number of fused-ring (bicyclic) bond motifs is 2. The Bertz CT molecular complexity index is 702. The van der Waals surface area contributed by atoms with E-state index in [4.69, 9.17) is 0 Å². The van der Waals surface area contributed by atoms with Gasteiger partial charge in [-0.05, 0) is 55.3 Å². The van der Waals surface area contributed by atoms with Crippen molar-refractivity contribution in [2.45, 2.75) is 50.2 Å². The van der Waals surface area contributed by atoms with Gasteiger partial charge < -0.3 is 10.2 Å². The topological polar surface area (TPSA) is 75.9 Å². The molecule has 126 valence electrons. The van der Waals surface area contributed by atoms with Crippen LogP contribution in [0.1, 0.15) is 42.5 Å². The van der Waals surface area contributed by atoms with Gasteiger partial charge in [0.15, 0.2) is 0 Å². The average molecular weight is 326 g/mol. The van der Waals surface area contributed by atoms with E-state index < -0.39 is 0 Å². The second kappa shape index (κ2) is 6.32. The fourth-order valence-electron chi connectivity index (χ4n) is 4.13. The van der Waals surface area contributed by atoms with Crippen LogP contribution in [-0.2, 0) is 0 Å². The van der Waals surface area contributed by atoms with Gasteiger partial charge >= 0.3 is 0 Å². The van der Waals surface area contributed by atoms with E-state index in [1.165, 1.54) is 30.3 Å². The number of carbonyl (C=O) groups is 1. The minimum absolute atomic E-state index is 0.0475. The number of benzene rings is 1. The van der Waals surface area contributed by atoms with Crippen LogP contribution in [0.5, 0.6) is 0 Å². The summed E-state index contributed by atoms with van der Waals surface area (Å²) in [6, 6.07) is 8.86. The maximum absolute atomic E-state index is 12.8. The summed E-state index contributed by atoms with van der Waals surface area (Å²) in [6.45, 7) is 0. The first kappa shape index (κ1) is 15.3. The highest BCUT2D eigenvalue weighted by Crippen LogP contribution is 2.32. The number of hydrogen-bond donors (Lipinski definition) is 1. The molecule has 2 bridgehead atoms. The maximum atomic E-state index is 12.8. The van der Waals surface area contributed by atoms with Gasteiger partial charge in [0.05, 0.1) is 11.3 Å². The van der Waals surface area contributed by atoms with Gasteiger partial charge in [-0.3, -0.25) is 4.79 Å². The van der Waals surface area contributed by atoms with Crippen LogP contribution in [0.4, 0.5) is 0 Å². The van der Waals surface area contributed by atoms with Gasteiger partial charge in [0.2, 0.25) is 0 Å². The van der Waals surface area contributed by atoms with Crippen LogP contribution in [-0.4, -0.2) is 56.2 Å². The van der Waals surface area contributed by atoms with Crippen molar-refractivity contribution in [2.75, 3.05) is 7.05 Å². The van der Waals surface area contributed by atoms with Crippen molar-refractivity contribution in [3.63, 3.8) is 0 Å². The summed E-state index contributed by atoms with van der Waals surface area (Å²) in [5.41, 5.74) is 1.31. The average Bonchev–Trinajstić information content (AvgIpc) is 3.10. The van der Waals surface area contributed by atoms with E-state index in [1.54, 1.807) is 0 Å². The number of amides is 1. The third kappa shape index (κ3) is 2.80. The molecule has 2 atom stereocenters. The fraction of sp³-hybridized carbons (Fsp3) is 0.529. The van der Waals surface area contributed by atoms with E-state index in [1.807, 2.05) is 24.3 Å². The third-order valence-corrected chi connectivity index (χ3v) is 5.42. The number of nitrogens with zero attached hydrogens (tertiary/aromatic N) is 5. The molecule has 7 nitrogen and oxygen atoms in total. The second-order valence-electron chi connectivity index (χ2n) is 6.82. The third-order valence-electron chi connectivity index (χ3n) is 5.42. The molecule has 2 aromatic rings. The normalized spacial score (nSPS) is 27.0. The summed E-state index contributed by atoms with van der Waals surface area (Å²) >= 11 is 0. The Kier molecular flexibility index (Phi) is 4.02. The molecule has 0 unspecified atom stereocenters. The number of rotatable bonds is 3. The van der Waals surface area contributed by atoms with Gasteiger partial charge in [0, 0.05) is 18.1 Å². The van der Waals surface area contributed by atoms with Crippen LogP contribution in [0, 0.1) is 0 Å². The van der Waals surface area contributed by atoms with E-state index in [0.717, 1.165) is 12.8 Å². The highest BCUT2D eigenvalue weighted by Gasteiger charge is 2.36. The van der Waals surface area contributed by atoms with Crippen LogP contribution in [0.2, 0.25) is 0 Å². The van der Waals surface area contributed by atoms with E-state index in [0.29, 0.717) is 23.3 Å². The molecule has 24 heavy (non-hydrogen) atoms. The predicted molar refractivity (Wildman–Crippen MR) is 88.8 cm³/mol. The maximum Gasteiger partial charge on any atom is 0.253 e. The molecule has 2 aliphatic heterocycles. The standard InChI is InChI=1S/C17H22N6O/c1-22-13-5-4-6-14(22)10-12(9-13)19-17(24)15-7-2-3-8-16(15)23-11-18-20-21-23/h2-3,7-8,11-14H,4-6,9-10H2,1H3,(H,19,24)/t13-,14-/m0/s1. The summed E-state index contributed by atoms with van der Waals surface area (Å²) in [5.74, 6) is -0.0475. The Hall–Kier alpha value is -2.28. The molecule has 2 saturated heterocycles. The number of piperidine rings is 2. The number of para-hydroxylation sites is 1. The van der Waals surface area contributed by atoms with Gasteiger partial charge in [0.25, 0.3) is 5.91 Å². The van der Waals surface area contributed by atoms with E-state index >= 15 is 0 Å². The number of tetrazole rings is 1. The highest BCUT2D eigenvalue weighted by molar-refractivity contribution is 5.97. The first-order chi connectivity index (χ1) is 11.7. The molecular weight excluding hydrogens is 304 g/mol. The highest BCUT2D eigenvalue weighted by atomic mass is 16.1.